The van der Waals surface area contributed by atoms with Gasteiger partial charge >= 0.3 is 0 Å². The second kappa shape index (κ2) is 9.44. The highest BCUT2D eigenvalue weighted by Crippen LogP contribution is 2.28. The van der Waals surface area contributed by atoms with E-state index in [1.54, 1.807) is 12.4 Å². The molecule has 0 radical (unpaired) electrons. The number of aromatic hydroxyl groups is 1. The van der Waals surface area contributed by atoms with Crippen LogP contribution in [-0.4, -0.2) is 26.2 Å². The molecule has 4 aromatic rings. The average Bonchev–Trinajstić information content (AvgIpc) is 3.23. The molecule has 2 heterocycles. The first-order chi connectivity index (χ1) is 16.0. The Morgan fingerprint density at radius 3 is 2.61 bits per heavy atom. The van der Waals surface area contributed by atoms with Gasteiger partial charge in [0, 0.05) is 24.6 Å². The number of carbonyl (C=O) groups is 1. The van der Waals surface area contributed by atoms with Crippen LogP contribution >= 0.6 is 0 Å². The highest BCUT2D eigenvalue weighted by molar-refractivity contribution is 6.03. The number of nitrogens with one attached hydrogen (secondary N) is 3. The number of nitrogens with two attached hydrogens (primary N) is 1. The lowest BCUT2D eigenvalue weighted by molar-refractivity contribution is 0.100. The zero-order valence-corrected chi connectivity index (χ0v) is 18.5. The van der Waals surface area contributed by atoms with Crippen LogP contribution in [0.4, 0.5) is 17.3 Å². The van der Waals surface area contributed by atoms with Gasteiger partial charge in [-0.2, -0.15) is 5.10 Å². The van der Waals surface area contributed by atoms with Gasteiger partial charge in [-0.1, -0.05) is 37.3 Å². The summed E-state index contributed by atoms with van der Waals surface area (Å²) >= 11 is 0. The summed E-state index contributed by atoms with van der Waals surface area (Å²) in [6.45, 7) is 4.30. The molecule has 0 spiro atoms. The number of hydrogen-bond donors (Lipinski definition) is 5. The maximum absolute atomic E-state index is 12.2. The molecule has 0 fully saturated rings. The standard InChI is InChI=1S/C25H26N6O2/c1-3-17-12-16(11-15(2)22(17)32)13-28-24-21(23(26)33)25(31-30-24)29-20-8-6-18(7-9-20)19-5-4-10-27-14-19/h4-12,14,32H,3,13H2,1-2H3,(H2,26,33)(H3,28,29,30,31). The molecule has 4 rings (SSSR count). The first-order valence-corrected chi connectivity index (χ1v) is 10.7. The summed E-state index contributed by atoms with van der Waals surface area (Å²) in [5.74, 6) is 0.495. The Morgan fingerprint density at radius 2 is 1.94 bits per heavy atom. The van der Waals surface area contributed by atoms with E-state index < -0.39 is 5.91 Å². The lowest BCUT2D eigenvalue weighted by Gasteiger charge is -2.11. The Balaban J connectivity index is 1.51. The van der Waals surface area contributed by atoms with Gasteiger partial charge in [0.2, 0.25) is 0 Å². The van der Waals surface area contributed by atoms with Crippen LogP contribution in [0.1, 0.15) is 34.0 Å². The lowest BCUT2D eigenvalue weighted by Crippen LogP contribution is -2.15. The van der Waals surface area contributed by atoms with E-state index in [1.165, 1.54) is 0 Å². The molecular formula is C25H26N6O2. The van der Waals surface area contributed by atoms with Gasteiger partial charge in [0.25, 0.3) is 5.91 Å². The van der Waals surface area contributed by atoms with Crippen molar-refractivity contribution in [1.82, 2.24) is 15.2 Å². The first-order valence-electron chi connectivity index (χ1n) is 10.7. The van der Waals surface area contributed by atoms with Crippen molar-refractivity contribution in [3.05, 3.63) is 83.2 Å². The van der Waals surface area contributed by atoms with Crippen LogP contribution < -0.4 is 16.4 Å². The number of phenols is 1. The van der Waals surface area contributed by atoms with Crippen molar-refractivity contribution in [3.8, 4) is 16.9 Å². The van der Waals surface area contributed by atoms with Crippen molar-refractivity contribution in [2.45, 2.75) is 26.8 Å². The molecule has 0 bridgehead atoms. The summed E-state index contributed by atoms with van der Waals surface area (Å²) in [7, 11) is 0. The fourth-order valence-corrected chi connectivity index (χ4v) is 3.71. The number of anilines is 3. The quantitative estimate of drug-likeness (QED) is 0.273. The van der Waals surface area contributed by atoms with Gasteiger partial charge in [0.05, 0.1) is 0 Å². The van der Waals surface area contributed by atoms with Crippen molar-refractivity contribution in [2.75, 3.05) is 10.6 Å². The minimum absolute atomic E-state index is 0.248. The normalized spacial score (nSPS) is 10.7. The van der Waals surface area contributed by atoms with E-state index in [-0.39, 0.29) is 5.56 Å². The third-order valence-electron chi connectivity index (χ3n) is 5.44. The van der Waals surface area contributed by atoms with E-state index in [1.807, 2.05) is 62.4 Å². The fraction of sp³-hybridized carbons (Fsp3) is 0.160. The van der Waals surface area contributed by atoms with Gasteiger partial charge in [-0.15, -0.1) is 0 Å². The van der Waals surface area contributed by atoms with E-state index in [0.29, 0.717) is 23.9 Å². The average molecular weight is 443 g/mol. The minimum atomic E-state index is -0.600. The van der Waals surface area contributed by atoms with Crippen LogP contribution in [0, 0.1) is 6.92 Å². The highest BCUT2D eigenvalue weighted by atomic mass is 16.3. The summed E-state index contributed by atoms with van der Waals surface area (Å²) in [6.07, 6.45) is 4.27. The predicted octanol–water partition coefficient (Wildman–Crippen LogP) is 4.50. The maximum Gasteiger partial charge on any atom is 0.256 e. The van der Waals surface area contributed by atoms with Gasteiger partial charge in [0.15, 0.2) is 5.82 Å². The Bertz CT molecular complexity index is 1270. The molecule has 2 aromatic heterocycles. The lowest BCUT2D eigenvalue weighted by atomic mass is 10.0. The third-order valence-corrected chi connectivity index (χ3v) is 5.44. The van der Waals surface area contributed by atoms with E-state index in [4.69, 9.17) is 5.73 Å². The summed E-state index contributed by atoms with van der Waals surface area (Å²) in [5.41, 5.74) is 11.4. The molecule has 0 saturated carbocycles. The zero-order valence-electron chi connectivity index (χ0n) is 18.5. The first kappa shape index (κ1) is 21.9. The molecule has 8 nitrogen and oxygen atoms in total. The number of primary amides is 1. The second-order valence-corrected chi connectivity index (χ2v) is 7.76. The van der Waals surface area contributed by atoms with Gasteiger partial charge in [0.1, 0.15) is 17.1 Å². The second-order valence-electron chi connectivity index (χ2n) is 7.76. The Hall–Kier alpha value is -4.33. The van der Waals surface area contributed by atoms with Crippen LogP contribution in [-0.2, 0) is 13.0 Å². The smallest absolute Gasteiger partial charge is 0.256 e. The largest absolute Gasteiger partial charge is 0.507 e. The van der Waals surface area contributed by atoms with Crippen LogP contribution in [0.5, 0.6) is 5.75 Å². The molecule has 0 aliphatic rings. The number of benzene rings is 2. The molecule has 8 heteroatoms. The SMILES string of the molecule is CCc1cc(CNc2[nH]nc(Nc3ccc(-c4cccnc4)cc3)c2C(N)=O)cc(C)c1O. The molecule has 1 amide bonds. The van der Waals surface area contributed by atoms with Gasteiger partial charge in [-0.3, -0.25) is 14.9 Å². The molecule has 2 aromatic carbocycles. The summed E-state index contributed by atoms with van der Waals surface area (Å²) in [4.78, 5) is 16.3. The van der Waals surface area contributed by atoms with Crippen molar-refractivity contribution in [1.29, 1.82) is 0 Å². The summed E-state index contributed by atoms with van der Waals surface area (Å²) in [6, 6.07) is 15.5. The number of H-pyrrole nitrogens is 1. The van der Waals surface area contributed by atoms with E-state index in [2.05, 4.69) is 25.8 Å². The number of phenolic OH excluding ortho intramolecular Hbond substituents is 1. The number of rotatable bonds is 8. The number of carbonyl (C=O) groups excluding carboxylic acids is 1. The maximum atomic E-state index is 12.2. The Morgan fingerprint density at radius 1 is 1.15 bits per heavy atom. The number of amides is 1. The predicted molar refractivity (Wildman–Crippen MR) is 130 cm³/mol. The number of aromatic amines is 1. The minimum Gasteiger partial charge on any atom is -0.507 e. The molecule has 0 aliphatic carbocycles. The van der Waals surface area contributed by atoms with Gasteiger partial charge in [-0.25, -0.2) is 0 Å². The monoisotopic (exact) mass is 442 g/mol. The van der Waals surface area contributed by atoms with E-state index in [0.717, 1.165) is 39.9 Å². The van der Waals surface area contributed by atoms with E-state index in [9.17, 15) is 9.90 Å². The number of aromatic nitrogens is 3. The van der Waals surface area contributed by atoms with Crippen molar-refractivity contribution < 1.29 is 9.90 Å². The zero-order chi connectivity index (χ0) is 23.4. The van der Waals surface area contributed by atoms with Crippen LogP contribution in [0.15, 0.2) is 60.9 Å². The molecule has 0 aliphatic heterocycles. The molecule has 0 saturated heterocycles. The molecule has 6 N–H and O–H groups in total. The molecule has 0 unspecified atom stereocenters. The van der Waals surface area contributed by atoms with Crippen LogP contribution in [0.25, 0.3) is 11.1 Å². The molecule has 0 atom stereocenters. The third kappa shape index (κ3) is 4.79. The topological polar surface area (TPSA) is 129 Å². The number of pyridine rings is 1. The van der Waals surface area contributed by atoms with Gasteiger partial charge < -0.3 is 21.5 Å². The van der Waals surface area contributed by atoms with Gasteiger partial charge in [-0.05, 0) is 59.4 Å². The number of nitrogens with zero attached hydrogens (tertiary/aromatic N) is 2. The number of hydrogen-bond acceptors (Lipinski definition) is 6. The molecule has 168 valence electrons. The van der Waals surface area contributed by atoms with Crippen LogP contribution in [0.3, 0.4) is 0 Å². The van der Waals surface area contributed by atoms with Crippen molar-refractivity contribution >= 4 is 23.2 Å². The summed E-state index contributed by atoms with van der Waals surface area (Å²) in [5, 5.41) is 23.6. The van der Waals surface area contributed by atoms with Crippen molar-refractivity contribution in [3.63, 3.8) is 0 Å². The van der Waals surface area contributed by atoms with Crippen molar-refractivity contribution in [2.24, 2.45) is 5.73 Å². The Labute approximate surface area is 191 Å². The fourth-order valence-electron chi connectivity index (χ4n) is 3.71. The number of aryl methyl sites for hydroxylation is 2. The highest BCUT2D eigenvalue weighted by Gasteiger charge is 2.19. The molecular weight excluding hydrogens is 416 g/mol. The summed E-state index contributed by atoms with van der Waals surface area (Å²) < 4.78 is 0. The van der Waals surface area contributed by atoms with Crippen LogP contribution in [0.2, 0.25) is 0 Å². The molecule has 33 heavy (non-hydrogen) atoms. The van der Waals surface area contributed by atoms with E-state index >= 15 is 0 Å². The Kier molecular flexibility index (Phi) is 6.26.